The highest BCUT2D eigenvalue weighted by molar-refractivity contribution is 7.78. The lowest BCUT2D eigenvalue weighted by molar-refractivity contribution is -0.883. The number of rotatable bonds is 4. The van der Waals surface area contributed by atoms with Crippen molar-refractivity contribution in [3.63, 3.8) is 0 Å². The molecule has 0 unspecified atom stereocenters. The van der Waals surface area contributed by atoms with Crippen LogP contribution in [0, 0.1) is 6.57 Å². The average Bonchev–Trinajstić information content (AvgIpc) is 1.87. The van der Waals surface area contributed by atoms with Crippen molar-refractivity contribution in [2.45, 2.75) is 0 Å². The molecule has 60 valence electrons. The Morgan fingerprint density at radius 3 is 2.73 bits per heavy atom. The fraction of sp³-hybridized carbons (Fsp3) is 0.714. The average molecular weight is 170 g/mol. The molecule has 0 amide bonds. The van der Waals surface area contributed by atoms with Crippen LogP contribution >= 0.6 is 12.2 Å². The highest BCUT2D eigenvalue weighted by atomic mass is 32.1. The normalized spacial score (nSPS) is 9.91. The van der Waals surface area contributed by atoms with E-state index in [1.165, 1.54) is 0 Å². The molecule has 0 spiro atoms. The largest absolute Gasteiger partial charge is 0.339 e. The minimum Gasteiger partial charge on any atom is -0.260 e. The van der Waals surface area contributed by atoms with E-state index in [2.05, 4.69) is 27.2 Å². The molecule has 0 saturated carbocycles. The molecule has 0 radical (unpaired) electrons. The second kappa shape index (κ2) is 4.97. The van der Waals surface area contributed by atoms with E-state index in [0.29, 0.717) is 17.7 Å². The monoisotopic (exact) mass is 170 g/mol. The molecule has 0 aromatic carbocycles. The molecular formula is C7H12N3S+. The molecule has 0 fully saturated rings. The molecule has 0 aliphatic rings. The zero-order valence-corrected chi connectivity index (χ0v) is 7.69. The lowest BCUT2D eigenvalue weighted by Gasteiger charge is -2.21. The second-order valence-electron chi connectivity index (χ2n) is 2.93. The van der Waals surface area contributed by atoms with Gasteiger partial charge in [0.25, 0.3) is 0 Å². The summed E-state index contributed by atoms with van der Waals surface area (Å²) in [5.41, 5.74) is 0. The molecule has 3 nitrogen and oxygen atoms in total. The van der Waals surface area contributed by atoms with Crippen LogP contribution in [-0.4, -0.2) is 43.5 Å². The Balaban J connectivity index is 3.73. The Labute approximate surface area is 72.8 Å². The molecule has 0 heterocycles. The summed E-state index contributed by atoms with van der Waals surface area (Å²) in [5.74, 6) is 0. The lowest BCUT2D eigenvalue weighted by atomic mass is 10.5. The molecule has 0 bridgehead atoms. The highest BCUT2D eigenvalue weighted by Crippen LogP contribution is 1.95. The van der Waals surface area contributed by atoms with Gasteiger partial charge in [-0.25, -0.2) is 11.6 Å². The summed E-state index contributed by atoms with van der Waals surface area (Å²) in [6.07, 6.45) is 0. The van der Waals surface area contributed by atoms with Crippen LogP contribution in [0.1, 0.15) is 0 Å². The van der Waals surface area contributed by atoms with Crippen LogP contribution in [-0.2, 0) is 0 Å². The van der Waals surface area contributed by atoms with Crippen LogP contribution in [0.4, 0.5) is 0 Å². The Morgan fingerprint density at radius 2 is 2.27 bits per heavy atom. The first-order chi connectivity index (χ1) is 5.12. The van der Waals surface area contributed by atoms with Crippen molar-refractivity contribution in [2.75, 3.05) is 33.9 Å². The van der Waals surface area contributed by atoms with E-state index in [1.807, 2.05) is 14.1 Å². The SMILES string of the molecule is [C-]#[N+]C[N+](C)(C)CCN=C=S. The van der Waals surface area contributed by atoms with Crippen molar-refractivity contribution in [1.82, 2.24) is 0 Å². The standard InChI is InChI=1S/C7H12N3S/c1-8-6-10(2,3)5-4-9-7-11/h4-6H2,2-3H3/q+1. The van der Waals surface area contributed by atoms with Crippen molar-refractivity contribution >= 4 is 17.4 Å². The predicted octanol–water partition coefficient (Wildman–Crippen LogP) is 1.04. The molecule has 4 heteroatoms. The van der Waals surface area contributed by atoms with Crippen LogP contribution in [0.15, 0.2) is 4.99 Å². The molecular weight excluding hydrogens is 158 g/mol. The van der Waals surface area contributed by atoms with E-state index >= 15 is 0 Å². The first-order valence-corrected chi connectivity index (χ1v) is 3.72. The summed E-state index contributed by atoms with van der Waals surface area (Å²) in [6.45, 7) is 8.67. The fourth-order valence-electron chi connectivity index (χ4n) is 0.628. The number of aliphatic imine (C=N–C) groups is 1. The number of quaternary nitrogens is 1. The molecule has 0 rings (SSSR count). The van der Waals surface area contributed by atoms with Crippen LogP contribution < -0.4 is 0 Å². The molecule has 0 atom stereocenters. The maximum Gasteiger partial charge on any atom is 0.339 e. The third-order valence-electron chi connectivity index (χ3n) is 1.34. The number of hydrogen-bond donors (Lipinski definition) is 0. The van der Waals surface area contributed by atoms with Gasteiger partial charge in [0, 0.05) is 0 Å². The van der Waals surface area contributed by atoms with Gasteiger partial charge in [0.05, 0.1) is 25.8 Å². The summed E-state index contributed by atoms with van der Waals surface area (Å²) in [5, 5.41) is 2.30. The molecule has 0 N–H and O–H groups in total. The van der Waals surface area contributed by atoms with Gasteiger partial charge in [-0.05, 0) is 12.2 Å². The third-order valence-corrected chi connectivity index (χ3v) is 1.46. The molecule has 0 aliphatic heterocycles. The highest BCUT2D eigenvalue weighted by Gasteiger charge is 2.15. The minimum absolute atomic E-state index is 0.493. The van der Waals surface area contributed by atoms with Crippen LogP contribution in [0.3, 0.4) is 0 Å². The number of hydrogen-bond acceptors (Lipinski definition) is 2. The topological polar surface area (TPSA) is 16.7 Å². The summed E-state index contributed by atoms with van der Waals surface area (Å²) < 4.78 is 0.671. The summed E-state index contributed by atoms with van der Waals surface area (Å²) in [7, 11) is 3.99. The lowest BCUT2D eigenvalue weighted by Crippen LogP contribution is -2.41. The van der Waals surface area contributed by atoms with Gasteiger partial charge in [-0.2, -0.15) is 0 Å². The van der Waals surface area contributed by atoms with E-state index in [4.69, 9.17) is 6.57 Å². The Kier molecular flexibility index (Phi) is 4.64. The number of thiocarbonyl (C=S) groups is 1. The number of isothiocyanates is 1. The van der Waals surface area contributed by atoms with Crippen molar-refractivity contribution in [2.24, 2.45) is 4.99 Å². The summed E-state index contributed by atoms with van der Waals surface area (Å²) in [4.78, 5) is 7.11. The molecule has 0 aromatic heterocycles. The summed E-state index contributed by atoms with van der Waals surface area (Å²) in [6, 6.07) is 0. The third kappa shape index (κ3) is 5.68. The fourth-order valence-corrected chi connectivity index (χ4v) is 0.720. The maximum atomic E-state index is 6.68. The van der Waals surface area contributed by atoms with Gasteiger partial charge in [-0.15, -0.1) is 0 Å². The zero-order valence-electron chi connectivity index (χ0n) is 6.87. The van der Waals surface area contributed by atoms with Crippen LogP contribution in [0.25, 0.3) is 4.85 Å². The van der Waals surface area contributed by atoms with E-state index in [9.17, 15) is 0 Å². The molecule has 0 saturated heterocycles. The Morgan fingerprint density at radius 1 is 1.64 bits per heavy atom. The quantitative estimate of drug-likeness (QED) is 0.267. The van der Waals surface area contributed by atoms with Crippen LogP contribution in [0.2, 0.25) is 0 Å². The smallest absolute Gasteiger partial charge is 0.260 e. The van der Waals surface area contributed by atoms with Gasteiger partial charge >= 0.3 is 6.67 Å². The van der Waals surface area contributed by atoms with E-state index in [1.54, 1.807) is 0 Å². The number of likely N-dealkylation sites (N-methyl/N-ethyl adjacent to an activating group) is 1. The molecule has 0 aromatic rings. The molecule has 0 aliphatic carbocycles. The van der Waals surface area contributed by atoms with Crippen LogP contribution in [0.5, 0.6) is 0 Å². The van der Waals surface area contributed by atoms with Gasteiger partial charge in [0.2, 0.25) is 0 Å². The van der Waals surface area contributed by atoms with E-state index in [0.717, 1.165) is 6.54 Å². The van der Waals surface area contributed by atoms with Crippen molar-refractivity contribution < 1.29 is 4.48 Å². The van der Waals surface area contributed by atoms with Crippen molar-refractivity contribution in [3.8, 4) is 0 Å². The van der Waals surface area contributed by atoms with Gasteiger partial charge in [0.15, 0.2) is 0 Å². The maximum absolute atomic E-state index is 6.68. The zero-order chi connectivity index (χ0) is 8.74. The Bertz CT molecular complexity index is 198. The van der Waals surface area contributed by atoms with E-state index in [-0.39, 0.29) is 0 Å². The first kappa shape index (κ1) is 10.2. The predicted molar refractivity (Wildman–Crippen MR) is 48.3 cm³/mol. The van der Waals surface area contributed by atoms with Gasteiger partial charge < -0.3 is 0 Å². The molecule has 11 heavy (non-hydrogen) atoms. The summed E-state index contributed by atoms with van der Waals surface area (Å²) >= 11 is 4.42. The first-order valence-electron chi connectivity index (χ1n) is 3.31. The van der Waals surface area contributed by atoms with Crippen molar-refractivity contribution in [3.05, 3.63) is 11.4 Å². The van der Waals surface area contributed by atoms with Gasteiger partial charge in [-0.3, -0.25) is 9.33 Å². The van der Waals surface area contributed by atoms with Gasteiger partial charge in [0.1, 0.15) is 6.54 Å². The van der Waals surface area contributed by atoms with Crippen molar-refractivity contribution in [1.29, 1.82) is 0 Å². The number of nitrogens with zero attached hydrogens (tertiary/aromatic N) is 3. The second-order valence-corrected chi connectivity index (χ2v) is 3.11. The van der Waals surface area contributed by atoms with E-state index < -0.39 is 0 Å². The Hall–Kier alpha value is -0.750. The van der Waals surface area contributed by atoms with Gasteiger partial charge in [-0.1, -0.05) is 0 Å². The minimum atomic E-state index is 0.493.